The summed E-state index contributed by atoms with van der Waals surface area (Å²) in [7, 11) is 0. The van der Waals surface area contributed by atoms with E-state index in [0.29, 0.717) is 30.8 Å². The molecule has 1 heterocycles. The van der Waals surface area contributed by atoms with E-state index < -0.39 is 5.97 Å². The lowest BCUT2D eigenvalue weighted by molar-refractivity contribution is -0.137. The largest absolute Gasteiger partial charge is 0.481 e. The molecule has 2 amide bonds. The minimum Gasteiger partial charge on any atom is -0.481 e. The maximum absolute atomic E-state index is 13.1. The number of carboxylic acid groups (broad SMARTS) is 1. The molecule has 0 radical (unpaired) electrons. The van der Waals surface area contributed by atoms with Crippen LogP contribution in [-0.2, 0) is 17.9 Å². The first-order valence-electron chi connectivity index (χ1n) is 10.9. The molecule has 1 fully saturated rings. The fraction of sp³-hybridized carbons (Fsp3) is 0.231. The van der Waals surface area contributed by atoms with Crippen molar-refractivity contribution in [2.45, 2.75) is 31.8 Å². The number of carbonyl (C=O) groups is 3. The van der Waals surface area contributed by atoms with Crippen molar-refractivity contribution in [3.05, 3.63) is 101 Å². The molecule has 4 rings (SSSR count). The quantitative estimate of drug-likeness (QED) is 0.469. The second kappa shape index (κ2) is 10.1. The lowest BCUT2D eigenvalue weighted by Gasteiger charge is -2.12. The van der Waals surface area contributed by atoms with E-state index in [0.717, 1.165) is 11.1 Å². The van der Waals surface area contributed by atoms with Crippen molar-refractivity contribution < 1.29 is 19.5 Å². The number of carbonyl (C=O) groups excluding carboxylic acids is 2. The first-order valence-corrected chi connectivity index (χ1v) is 10.9. The van der Waals surface area contributed by atoms with Crippen molar-refractivity contribution in [2.75, 3.05) is 0 Å². The van der Waals surface area contributed by atoms with Crippen LogP contribution in [0.5, 0.6) is 0 Å². The van der Waals surface area contributed by atoms with E-state index in [2.05, 4.69) is 15.6 Å². The number of amides is 2. The van der Waals surface area contributed by atoms with E-state index in [4.69, 9.17) is 5.11 Å². The van der Waals surface area contributed by atoms with Crippen LogP contribution in [0.4, 0.5) is 0 Å². The predicted octanol–water partition coefficient (Wildman–Crippen LogP) is 3.52. The highest BCUT2D eigenvalue weighted by Gasteiger charge is 2.42. The molecule has 168 valence electrons. The molecule has 3 N–H and O–H groups in total. The van der Waals surface area contributed by atoms with Crippen molar-refractivity contribution >= 4 is 17.8 Å². The Morgan fingerprint density at radius 3 is 2.03 bits per heavy atom. The van der Waals surface area contributed by atoms with Crippen molar-refractivity contribution in [3.63, 3.8) is 0 Å². The summed E-state index contributed by atoms with van der Waals surface area (Å²) >= 11 is 0. The van der Waals surface area contributed by atoms with E-state index in [1.165, 1.54) is 6.20 Å². The highest BCUT2D eigenvalue weighted by atomic mass is 16.4. The van der Waals surface area contributed by atoms with E-state index in [-0.39, 0.29) is 35.6 Å². The Balaban J connectivity index is 1.52. The van der Waals surface area contributed by atoms with Crippen molar-refractivity contribution in [1.82, 2.24) is 15.6 Å². The number of hydrogen-bond acceptors (Lipinski definition) is 4. The highest BCUT2D eigenvalue weighted by Crippen LogP contribution is 2.49. The molecule has 0 bridgehead atoms. The number of hydrogen-bond donors (Lipinski definition) is 3. The van der Waals surface area contributed by atoms with Crippen LogP contribution in [-0.4, -0.2) is 27.9 Å². The summed E-state index contributed by atoms with van der Waals surface area (Å²) in [5.74, 6) is -1.67. The van der Waals surface area contributed by atoms with Gasteiger partial charge in [0.25, 0.3) is 11.8 Å². The van der Waals surface area contributed by atoms with Gasteiger partial charge in [0.2, 0.25) is 0 Å². The van der Waals surface area contributed by atoms with Crippen LogP contribution in [0.25, 0.3) is 0 Å². The van der Waals surface area contributed by atoms with Crippen LogP contribution in [0.15, 0.2) is 72.9 Å². The molecule has 7 nitrogen and oxygen atoms in total. The Hall–Kier alpha value is -4.00. The Morgan fingerprint density at radius 2 is 1.45 bits per heavy atom. The molecule has 0 spiro atoms. The van der Waals surface area contributed by atoms with Crippen LogP contribution >= 0.6 is 0 Å². The number of aliphatic carboxylic acids is 1. The smallest absolute Gasteiger partial charge is 0.303 e. The molecule has 7 heteroatoms. The van der Waals surface area contributed by atoms with Crippen LogP contribution in [0.2, 0.25) is 0 Å². The lowest BCUT2D eigenvalue weighted by Crippen LogP contribution is -2.27. The van der Waals surface area contributed by atoms with E-state index in [1.807, 2.05) is 60.7 Å². The molecule has 1 aliphatic rings. The SMILES string of the molecule is O=C(O)CC1CC1c1ncc(C(=O)NCc2ccccc2)cc1C(=O)NCc1ccccc1. The number of rotatable bonds is 9. The van der Waals surface area contributed by atoms with Gasteiger partial charge in [-0.3, -0.25) is 19.4 Å². The Morgan fingerprint density at radius 1 is 0.879 bits per heavy atom. The fourth-order valence-electron chi connectivity index (χ4n) is 3.86. The van der Waals surface area contributed by atoms with Gasteiger partial charge in [0, 0.05) is 31.6 Å². The van der Waals surface area contributed by atoms with E-state index in [9.17, 15) is 14.4 Å². The third-order valence-corrected chi connectivity index (χ3v) is 5.73. The molecular formula is C26H25N3O4. The normalized spacial score (nSPS) is 16.6. The highest BCUT2D eigenvalue weighted by molar-refractivity contribution is 6.00. The first-order chi connectivity index (χ1) is 16.0. The number of benzene rings is 2. The Bertz CT molecular complexity index is 1150. The maximum Gasteiger partial charge on any atom is 0.303 e. The number of nitrogens with zero attached hydrogens (tertiary/aromatic N) is 1. The van der Waals surface area contributed by atoms with E-state index in [1.54, 1.807) is 6.07 Å². The molecular weight excluding hydrogens is 418 g/mol. The lowest BCUT2D eigenvalue weighted by atomic mass is 10.0. The molecule has 2 aromatic carbocycles. The van der Waals surface area contributed by atoms with Gasteiger partial charge in [-0.15, -0.1) is 0 Å². The summed E-state index contributed by atoms with van der Waals surface area (Å²) in [6.07, 6.45) is 2.16. The second-order valence-corrected chi connectivity index (χ2v) is 8.19. The average molecular weight is 444 g/mol. The van der Waals surface area contributed by atoms with Crippen LogP contribution in [0.1, 0.15) is 56.3 Å². The molecule has 1 aromatic heterocycles. The molecule has 2 unspecified atom stereocenters. The molecule has 3 aromatic rings. The zero-order valence-electron chi connectivity index (χ0n) is 18.0. The average Bonchev–Trinajstić information content (AvgIpc) is 3.60. The molecule has 1 aliphatic carbocycles. The van der Waals surface area contributed by atoms with Crippen LogP contribution in [0, 0.1) is 5.92 Å². The number of aromatic nitrogens is 1. The minimum atomic E-state index is -0.866. The first kappa shape index (κ1) is 22.2. The third kappa shape index (κ3) is 5.83. The van der Waals surface area contributed by atoms with Gasteiger partial charge < -0.3 is 15.7 Å². The Labute approximate surface area is 191 Å². The van der Waals surface area contributed by atoms with Gasteiger partial charge in [0.05, 0.1) is 16.8 Å². The molecule has 2 atom stereocenters. The number of nitrogens with one attached hydrogen (secondary N) is 2. The zero-order valence-corrected chi connectivity index (χ0v) is 18.0. The summed E-state index contributed by atoms with van der Waals surface area (Å²) in [4.78, 5) is 41.3. The summed E-state index contributed by atoms with van der Waals surface area (Å²) in [5.41, 5.74) is 3.07. The fourth-order valence-corrected chi connectivity index (χ4v) is 3.86. The molecule has 0 saturated heterocycles. The summed E-state index contributed by atoms with van der Waals surface area (Å²) < 4.78 is 0. The summed E-state index contributed by atoms with van der Waals surface area (Å²) in [6, 6.07) is 20.6. The van der Waals surface area contributed by atoms with Crippen molar-refractivity contribution in [1.29, 1.82) is 0 Å². The molecule has 0 aliphatic heterocycles. The van der Waals surface area contributed by atoms with Crippen molar-refractivity contribution in [3.8, 4) is 0 Å². The van der Waals surface area contributed by atoms with Gasteiger partial charge in [0.15, 0.2) is 0 Å². The van der Waals surface area contributed by atoms with Crippen LogP contribution in [0.3, 0.4) is 0 Å². The van der Waals surface area contributed by atoms with Gasteiger partial charge in [0.1, 0.15) is 0 Å². The monoisotopic (exact) mass is 443 g/mol. The topological polar surface area (TPSA) is 108 Å². The van der Waals surface area contributed by atoms with Gasteiger partial charge in [-0.25, -0.2) is 0 Å². The minimum absolute atomic E-state index is 0.0384. The zero-order chi connectivity index (χ0) is 23.2. The standard InChI is InChI=1S/C26H25N3O4/c30-23(31)13-19-11-21(19)24-22(26(33)29-15-18-9-5-2-6-10-18)12-20(16-27-24)25(32)28-14-17-7-3-1-4-8-17/h1-10,12,16,19,21H,11,13-15H2,(H,28,32)(H,29,33)(H,30,31). The predicted molar refractivity (Wildman–Crippen MR) is 123 cm³/mol. The molecule has 1 saturated carbocycles. The van der Waals surface area contributed by atoms with Gasteiger partial charge in [-0.2, -0.15) is 0 Å². The third-order valence-electron chi connectivity index (χ3n) is 5.73. The van der Waals surface area contributed by atoms with Gasteiger partial charge in [-0.1, -0.05) is 60.7 Å². The number of carboxylic acids is 1. The number of pyridine rings is 1. The van der Waals surface area contributed by atoms with Gasteiger partial charge in [-0.05, 0) is 29.5 Å². The van der Waals surface area contributed by atoms with Gasteiger partial charge >= 0.3 is 5.97 Å². The second-order valence-electron chi connectivity index (χ2n) is 8.19. The van der Waals surface area contributed by atoms with E-state index >= 15 is 0 Å². The Kier molecular flexibility index (Phi) is 6.78. The summed E-state index contributed by atoms with van der Waals surface area (Å²) in [6.45, 7) is 0.701. The van der Waals surface area contributed by atoms with Crippen molar-refractivity contribution in [2.24, 2.45) is 5.92 Å². The molecule has 33 heavy (non-hydrogen) atoms. The van der Waals surface area contributed by atoms with Crippen LogP contribution < -0.4 is 10.6 Å². The maximum atomic E-state index is 13.1. The summed E-state index contributed by atoms with van der Waals surface area (Å²) in [5, 5.41) is 14.8.